The second kappa shape index (κ2) is 13.4. The molecule has 0 unspecified atom stereocenters. The van der Waals surface area contributed by atoms with Gasteiger partial charge in [-0.3, -0.25) is 13.9 Å². The summed E-state index contributed by atoms with van der Waals surface area (Å²) in [6, 6.07) is 21.4. The van der Waals surface area contributed by atoms with Gasteiger partial charge in [0.1, 0.15) is 12.6 Å². The molecule has 0 aliphatic rings. The van der Waals surface area contributed by atoms with Gasteiger partial charge in [0, 0.05) is 18.1 Å². The third-order valence-corrected chi connectivity index (χ3v) is 8.49. The fourth-order valence-corrected chi connectivity index (χ4v) is 5.66. The zero-order valence-electron chi connectivity index (χ0n) is 21.9. The first-order valence-corrected chi connectivity index (χ1v) is 14.4. The van der Waals surface area contributed by atoms with Crippen LogP contribution in [-0.4, -0.2) is 44.3 Å². The van der Waals surface area contributed by atoms with E-state index in [4.69, 9.17) is 11.6 Å². The lowest BCUT2D eigenvalue weighted by Gasteiger charge is -2.32. The molecule has 1 N–H and O–H groups in total. The van der Waals surface area contributed by atoms with Gasteiger partial charge in [-0.2, -0.15) is 0 Å². The summed E-state index contributed by atoms with van der Waals surface area (Å²) in [5.74, 6) is -0.801. The van der Waals surface area contributed by atoms with Gasteiger partial charge in [-0.05, 0) is 55.7 Å². The molecule has 38 heavy (non-hydrogen) atoms. The van der Waals surface area contributed by atoms with Crippen LogP contribution in [-0.2, 0) is 26.2 Å². The number of rotatable bonds is 12. The summed E-state index contributed by atoms with van der Waals surface area (Å²) in [5, 5.41) is 3.26. The first kappa shape index (κ1) is 29.2. The van der Waals surface area contributed by atoms with Crippen molar-refractivity contribution in [3.05, 3.63) is 95.0 Å². The van der Waals surface area contributed by atoms with E-state index in [0.29, 0.717) is 22.8 Å². The van der Waals surface area contributed by atoms with E-state index in [0.717, 1.165) is 22.7 Å². The molecule has 3 rings (SSSR count). The summed E-state index contributed by atoms with van der Waals surface area (Å²) in [5.41, 5.74) is 1.65. The van der Waals surface area contributed by atoms with Crippen LogP contribution in [0.2, 0.25) is 5.02 Å². The molecule has 0 heterocycles. The van der Waals surface area contributed by atoms with Gasteiger partial charge in [-0.25, -0.2) is 8.42 Å². The number of anilines is 1. The molecule has 7 nitrogen and oxygen atoms in total. The third-order valence-electron chi connectivity index (χ3n) is 6.31. The molecule has 3 aromatic carbocycles. The molecule has 0 spiro atoms. The predicted molar refractivity (Wildman–Crippen MR) is 152 cm³/mol. The van der Waals surface area contributed by atoms with Gasteiger partial charge in [-0.15, -0.1) is 0 Å². The van der Waals surface area contributed by atoms with E-state index >= 15 is 0 Å². The molecule has 0 aliphatic carbocycles. The summed E-state index contributed by atoms with van der Waals surface area (Å²) in [6.45, 7) is 5.54. The van der Waals surface area contributed by atoms with Crippen LogP contribution in [0.15, 0.2) is 83.8 Å². The van der Waals surface area contributed by atoms with Gasteiger partial charge < -0.3 is 10.2 Å². The molecule has 0 saturated heterocycles. The lowest BCUT2D eigenvalue weighted by Crippen LogP contribution is -2.51. The molecule has 202 valence electrons. The highest BCUT2D eigenvalue weighted by Gasteiger charge is 2.33. The van der Waals surface area contributed by atoms with Crippen LogP contribution >= 0.6 is 11.6 Å². The number of nitrogens with one attached hydrogen (secondary N) is 1. The number of hydrogen-bond acceptors (Lipinski definition) is 4. The average molecular weight is 556 g/mol. The molecule has 2 amide bonds. The van der Waals surface area contributed by atoms with Gasteiger partial charge in [0.25, 0.3) is 10.0 Å². The maximum atomic E-state index is 13.9. The van der Waals surface area contributed by atoms with E-state index in [1.54, 1.807) is 50.2 Å². The van der Waals surface area contributed by atoms with Crippen LogP contribution < -0.4 is 9.62 Å². The monoisotopic (exact) mass is 555 g/mol. The SMILES string of the molecule is CCCCNC(=O)[C@H](C)N(Cc1ccccc1)C(=O)CN(c1cccc(Cl)c1C)S(=O)(=O)c1ccccc1. The Labute approximate surface area is 230 Å². The van der Waals surface area contributed by atoms with Crippen molar-refractivity contribution in [1.29, 1.82) is 0 Å². The topological polar surface area (TPSA) is 86.8 Å². The highest BCUT2D eigenvalue weighted by atomic mass is 35.5. The molecule has 0 radical (unpaired) electrons. The lowest BCUT2D eigenvalue weighted by atomic mass is 10.1. The molecule has 9 heteroatoms. The Bertz CT molecular complexity index is 1330. The number of hydrogen-bond donors (Lipinski definition) is 1. The second-order valence-corrected chi connectivity index (χ2v) is 11.3. The predicted octanol–water partition coefficient (Wildman–Crippen LogP) is 5.18. The smallest absolute Gasteiger partial charge is 0.264 e. The Morgan fingerprint density at radius 3 is 2.21 bits per heavy atom. The van der Waals surface area contributed by atoms with E-state index in [1.165, 1.54) is 17.0 Å². The van der Waals surface area contributed by atoms with Crippen LogP contribution in [0.3, 0.4) is 0 Å². The summed E-state index contributed by atoms with van der Waals surface area (Å²) in [4.78, 5) is 28.3. The highest BCUT2D eigenvalue weighted by molar-refractivity contribution is 7.92. The van der Waals surface area contributed by atoms with Crippen LogP contribution in [0.5, 0.6) is 0 Å². The standard InChI is InChI=1S/C29H34ClN3O4S/c1-4-5-19-31-29(35)23(3)32(20-24-13-8-6-9-14-24)28(34)21-33(27-18-12-17-26(30)22(27)2)38(36,37)25-15-10-7-11-16-25/h6-18,23H,4-5,19-21H2,1-3H3,(H,31,35)/t23-/m0/s1. The Morgan fingerprint density at radius 1 is 0.947 bits per heavy atom. The normalized spacial score (nSPS) is 12.0. The molecular formula is C29H34ClN3O4S. The molecule has 1 atom stereocenters. The average Bonchev–Trinajstić information content (AvgIpc) is 2.92. The number of benzene rings is 3. The van der Waals surface area contributed by atoms with Crippen molar-refractivity contribution in [2.24, 2.45) is 0 Å². The zero-order chi connectivity index (χ0) is 27.7. The zero-order valence-corrected chi connectivity index (χ0v) is 23.5. The van der Waals surface area contributed by atoms with Crippen LogP contribution in [0, 0.1) is 6.92 Å². The van der Waals surface area contributed by atoms with Crippen LogP contribution in [0.25, 0.3) is 0 Å². The molecule has 0 saturated carbocycles. The summed E-state index contributed by atoms with van der Waals surface area (Å²) >= 11 is 6.34. The minimum absolute atomic E-state index is 0.0483. The van der Waals surface area contributed by atoms with Crippen LogP contribution in [0.4, 0.5) is 5.69 Å². The first-order valence-electron chi connectivity index (χ1n) is 12.6. The van der Waals surface area contributed by atoms with Crippen molar-refractivity contribution in [3.8, 4) is 0 Å². The minimum atomic E-state index is -4.13. The molecular weight excluding hydrogens is 522 g/mol. The number of carbonyl (C=O) groups excluding carboxylic acids is 2. The highest BCUT2D eigenvalue weighted by Crippen LogP contribution is 2.31. The molecule has 0 aromatic heterocycles. The maximum absolute atomic E-state index is 13.9. The first-order chi connectivity index (χ1) is 18.2. The number of unbranched alkanes of at least 4 members (excludes halogenated alkanes) is 1. The van der Waals surface area contributed by atoms with Gasteiger partial charge in [0.05, 0.1) is 10.6 Å². The quantitative estimate of drug-likeness (QED) is 0.312. The minimum Gasteiger partial charge on any atom is -0.354 e. The fraction of sp³-hybridized carbons (Fsp3) is 0.310. The molecule has 0 fully saturated rings. The number of halogens is 1. The van der Waals surface area contributed by atoms with Gasteiger partial charge in [0.2, 0.25) is 11.8 Å². The van der Waals surface area contributed by atoms with Crippen molar-refractivity contribution < 1.29 is 18.0 Å². The summed E-state index contributed by atoms with van der Waals surface area (Å²) in [7, 11) is -4.13. The van der Waals surface area contributed by atoms with E-state index in [2.05, 4.69) is 5.32 Å². The Kier molecular flexibility index (Phi) is 10.3. The van der Waals surface area contributed by atoms with E-state index in [1.807, 2.05) is 37.3 Å². The molecule has 3 aromatic rings. The number of nitrogens with zero attached hydrogens (tertiary/aromatic N) is 2. The molecule has 0 aliphatic heterocycles. The second-order valence-electron chi connectivity index (χ2n) is 9.04. The number of sulfonamides is 1. The lowest BCUT2D eigenvalue weighted by molar-refractivity contribution is -0.139. The van der Waals surface area contributed by atoms with Gasteiger partial charge >= 0.3 is 0 Å². The van der Waals surface area contributed by atoms with Gasteiger partial charge in [-0.1, -0.05) is 79.5 Å². The Hall–Kier alpha value is -3.36. The maximum Gasteiger partial charge on any atom is 0.264 e. The number of carbonyl (C=O) groups is 2. The van der Waals surface area contributed by atoms with Crippen molar-refractivity contribution in [2.75, 3.05) is 17.4 Å². The van der Waals surface area contributed by atoms with Crippen molar-refractivity contribution in [3.63, 3.8) is 0 Å². The van der Waals surface area contributed by atoms with E-state index < -0.39 is 28.5 Å². The van der Waals surface area contributed by atoms with Crippen molar-refractivity contribution in [2.45, 2.75) is 51.1 Å². The Morgan fingerprint density at radius 2 is 1.58 bits per heavy atom. The molecule has 0 bridgehead atoms. The van der Waals surface area contributed by atoms with E-state index in [-0.39, 0.29) is 17.3 Å². The van der Waals surface area contributed by atoms with Crippen LogP contribution in [0.1, 0.15) is 37.8 Å². The fourth-order valence-electron chi connectivity index (χ4n) is 4.00. The van der Waals surface area contributed by atoms with Crippen molar-refractivity contribution >= 4 is 39.1 Å². The third kappa shape index (κ3) is 7.14. The largest absolute Gasteiger partial charge is 0.354 e. The van der Waals surface area contributed by atoms with Crippen molar-refractivity contribution in [1.82, 2.24) is 10.2 Å². The van der Waals surface area contributed by atoms with E-state index in [9.17, 15) is 18.0 Å². The summed E-state index contributed by atoms with van der Waals surface area (Å²) in [6.07, 6.45) is 1.74. The Balaban J connectivity index is 2.01. The summed E-state index contributed by atoms with van der Waals surface area (Å²) < 4.78 is 28.7. The number of amides is 2. The van der Waals surface area contributed by atoms with Gasteiger partial charge in [0.15, 0.2) is 0 Å².